The lowest BCUT2D eigenvalue weighted by atomic mass is 9.66. The third kappa shape index (κ3) is 4.77. The first-order chi connectivity index (χ1) is 9.60. The first-order valence-corrected chi connectivity index (χ1v) is 9.44. The summed E-state index contributed by atoms with van der Waals surface area (Å²) >= 11 is 0. The van der Waals surface area contributed by atoms with Gasteiger partial charge in [0, 0.05) is 0 Å². The average molecular weight is 322 g/mol. The predicted octanol–water partition coefficient (Wildman–Crippen LogP) is 3.45. The lowest BCUT2D eigenvalue weighted by Crippen LogP contribution is -2.50. The summed E-state index contributed by atoms with van der Waals surface area (Å²) in [5, 5.41) is 10.4. The maximum absolute atomic E-state index is 12.1. The standard InChI is InChI=1S/C15H31O5P/c1-7-9(2)8-19-21(17,18)20-15-13(6)11(4)10(3)12(5)14(15)16/h9-16H,7-8H2,1-6H3,(H,17,18)/t9-,10?,11?,12?,13?,14?,15?/m0/s1. The number of phosphoric acid groups is 1. The predicted molar refractivity (Wildman–Crippen MR) is 82.8 cm³/mol. The molecule has 0 heterocycles. The topological polar surface area (TPSA) is 76.0 Å². The van der Waals surface area contributed by atoms with Gasteiger partial charge >= 0.3 is 7.82 Å². The van der Waals surface area contributed by atoms with Gasteiger partial charge in [-0.05, 0) is 29.6 Å². The van der Waals surface area contributed by atoms with E-state index in [1.54, 1.807) is 0 Å². The van der Waals surface area contributed by atoms with Crippen molar-refractivity contribution in [3.05, 3.63) is 0 Å². The Morgan fingerprint density at radius 1 is 1.10 bits per heavy atom. The Morgan fingerprint density at radius 3 is 2.14 bits per heavy atom. The summed E-state index contributed by atoms with van der Waals surface area (Å²) in [5.74, 6) is 0.868. The molecule has 126 valence electrons. The van der Waals surface area contributed by atoms with Crippen LogP contribution in [0.25, 0.3) is 0 Å². The molecule has 2 N–H and O–H groups in total. The van der Waals surface area contributed by atoms with Gasteiger partial charge in [0.05, 0.1) is 18.8 Å². The van der Waals surface area contributed by atoms with Crippen molar-refractivity contribution in [3.63, 3.8) is 0 Å². The Labute approximate surface area is 128 Å². The Bertz CT molecular complexity index is 359. The van der Waals surface area contributed by atoms with E-state index in [9.17, 15) is 14.6 Å². The molecule has 1 aliphatic carbocycles. The summed E-state index contributed by atoms with van der Waals surface area (Å²) in [7, 11) is -4.14. The molecule has 0 spiro atoms. The fraction of sp³-hybridized carbons (Fsp3) is 1.00. The highest BCUT2D eigenvalue weighted by molar-refractivity contribution is 7.47. The van der Waals surface area contributed by atoms with Crippen molar-refractivity contribution >= 4 is 7.82 Å². The van der Waals surface area contributed by atoms with E-state index in [0.29, 0.717) is 11.8 Å². The number of aliphatic hydroxyl groups is 1. The van der Waals surface area contributed by atoms with Crippen molar-refractivity contribution in [2.75, 3.05) is 6.61 Å². The van der Waals surface area contributed by atoms with Crippen LogP contribution in [0.5, 0.6) is 0 Å². The zero-order valence-electron chi connectivity index (χ0n) is 14.0. The fourth-order valence-corrected chi connectivity index (χ4v) is 3.99. The normalized spacial score (nSPS) is 41.5. The fourth-order valence-electron chi connectivity index (χ4n) is 2.86. The minimum Gasteiger partial charge on any atom is -0.390 e. The maximum atomic E-state index is 12.1. The Morgan fingerprint density at radius 2 is 1.62 bits per heavy atom. The van der Waals surface area contributed by atoms with Crippen molar-refractivity contribution in [2.45, 2.75) is 60.2 Å². The second kappa shape index (κ2) is 7.56. The summed E-state index contributed by atoms with van der Waals surface area (Å²) in [6, 6.07) is 0. The smallest absolute Gasteiger partial charge is 0.390 e. The Balaban J connectivity index is 2.72. The highest BCUT2D eigenvalue weighted by Gasteiger charge is 2.46. The average Bonchev–Trinajstić information content (AvgIpc) is 2.45. The second-order valence-electron chi connectivity index (χ2n) is 6.77. The van der Waals surface area contributed by atoms with E-state index < -0.39 is 20.0 Å². The van der Waals surface area contributed by atoms with E-state index in [2.05, 4.69) is 13.8 Å². The molecule has 0 aromatic carbocycles. The van der Waals surface area contributed by atoms with Gasteiger partial charge in [-0.2, -0.15) is 0 Å². The number of aliphatic hydroxyl groups excluding tert-OH is 1. The zero-order valence-corrected chi connectivity index (χ0v) is 14.9. The minimum absolute atomic E-state index is 0.00104. The summed E-state index contributed by atoms with van der Waals surface area (Å²) in [6.45, 7) is 12.2. The van der Waals surface area contributed by atoms with Crippen molar-refractivity contribution in [1.82, 2.24) is 0 Å². The van der Waals surface area contributed by atoms with Gasteiger partial charge in [0.15, 0.2) is 0 Å². The van der Waals surface area contributed by atoms with Crippen molar-refractivity contribution in [3.8, 4) is 0 Å². The van der Waals surface area contributed by atoms with Gasteiger partial charge < -0.3 is 10.00 Å². The number of hydrogen-bond donors (Lipinski definition) is 2. The van der Waals surface area contributed by atoms with Gasteiger partial charge in [0.1, 0.15) is 0 Å². The molecule has 8 atom stereocenters. The lowest BCUT2D eigenvalue weighted by molar-refractivity contribution is -0.107. The van der Waals surface area contributed by atoms with Crippen LogP contribution in [-0.2, 0) is 13.6 Å². The molecule has 0 radical (unpaired) electrons. The molecule has 0 aromatic rings. The molecule has 1 rings (SSSR count). The molecular weight excluding hydrogens is 291 g/mol. The first-order valence-electron chi connectivity index (χ1n) is 7.94. The highest BCUT2D eigenvalue weighted by atomic mass is 31.2. The van der Waals surface area contributed by atoms with Crippen LogP contribution in [0.2, 0.25) is 0 Å². The number of phosphoric ester groups is 1. The van der Waals surface area contributed by atoms with E-state index in [-0.39, 0.29) is 24.4 Å². The zero-order chi connectivity index (χ0) is 16.4. The summed E-state index contributed by atoms with van der Waals surface area (Å²) in [4.78, 5) is 9.89. The molecule has 7 unspecified atom stereocenters. The maximum Gasteiger partial charge on any atom is 0.472 e. The lowest BCUT2D eigenvalue weighted by Gasteiger charge is -2.45. The summed E-state index contributed by atoms with van der Waals surface area (Å²) < 4.78 is 22.5. The molecule has 0 amide bonds. The van der Waals surface area contributed by atoms with Crippen LogP contribution in [0, 0.1) is 29.6 Å². The molecule has 0 aromatic heterocycles. The molecular formula is C15H31O5P. The summed E-state index contributed by atoms with van der Waals surface area (Å²) in [6.07, 6.45) is -0.550. The van der Waals surface area contributed by atoms with Crippen LogP contribution in [0.4, 0.5) is 0 Å². The minimum atomic E-state index is -4.14. The van der Waals surface area contributed by atoms with Gasteiger partial charge in [-0.25, -0.2) is 4.57 Å². The third-order valence-corrected chi connectivity index (χ3v) is 6.34. The number of hydrogen-bond acceptors (Lipinski definition) is 4. The van der Waals surface area contributed by atoms with Gasteiger partial charge in [-0.3, -0.25) is 9.05 Å². The highest BCUT2D eigenvalue weighted by Crippen LogP contribution is 2.50. The molecule has 0 saturated heterocycles. The molecule has 21 heavy (non-hydrogen) atoms. The van der Waals surface area contributed by atoms with Crippen LogP contribution >= 0.6 is 7.82 Å². The van der Waals surface area contributed by atoms with Crippen LogP contribution in [0.15, 0.2) is 0 Å². The van der Waals surface area contributed by atoms with Gasteiger partial charge in [-0.1, -0.05) is 48.0 Å². The molecule has 5 nitrogen and oxygen atoms in total. The van der Waals surface area contributed by atoms with Crippen LogP contribution < -0.4 is 0 Å². The van der Waals surface area contributed by atoms with Crippen LogP contribution in [0.3, 0.4) is 0 Å². The Kier molecular flexibility index (Phi) is 6.88. The van der Waals surface area contributed by atoms with Crippen LogP contribution in [0.1, 0.15) is 48.0 Å². The third-order valence-electron chi connectivity index (χ3n) is 5.36. The van der Waals surface area contributed by atoms with E-state index >= 15 is 0 Å². The molecule has 1 fully saturated rings. The van der Waals surface area contributed by atoms with Gasteiger partial charge in [-0.15, -0.1) is 0 Å². The SMILES string of the molecule is CC[C@H](C)COP(=O)(O)OC1C(C)C(C)C(C)C(C)C1O. The second-order valence-corrected chi connectivity index (χ2v) is 8.18. The van der Waals surface area contributed by atoms with Gasteiger partial charge in [0.2, 0.25) is 0 Å². The van der Waals surface area contributed by atoms with Crippen molar-refractivity contribution in [2.24, 2.45) is 29.6 Å². The van der Waals surface area contributed by atoms with E-state index in [1.165, 1.54) is 0 Å². The van der Waals surface area contributed by atoms with Gasteiger partial charge in [0.25, 0.3) is 0 Å². The van der Waals surface area contributed by atoms with Crippen molar-refractivity contribution in [1.29, 1.82) is 0 Å². The van der Waals surface area contributed by atoms with E-state index in [4.69, 9.17) is 9.05 Å². The largest absolute Gasteiger partial charge is 0.472 e. The molecule has 0 bridgehead atoms. The molecule has 6 heteroatoms. The number of rotatable bonds is 6. The van der Waals surface area contributed by atoms with E-state index in [1.807, 2.05) is 27.7 Å². The molecule has 1 aliphatic rings. The quantitative estimate of drug-likeness (QED) is 0.733. The first kappa shape index (κ1) is 19.1. The van der Waals surface area contributed by atoms with Crippen molar-refractivity contribution < 1.29 is 23.6 Å². The van der Waals surface area contributed by atoms with Crippen LogP contribution in [-0.4, -0.2) is 28.8 Å². The van der Waals surface area contributed by atoms with E-state index in [0.717, 1.165) is 6.42 Å². The Hall–Kier alpha value is 0.0700. The molecule has 0 aliphatic heterocycles. The molecule has 1 saturated carbocycles. The summed E-state index contributed by atoms with van der Waals surface area (Å²) in [5.41, 5.74) is 0. The monoisotopic (exact) mass is 322 g/mol.